The van der Waals surface area contributed by atoms with Gasteiger partial charge in [-0.2, -0.15) is 5.26 Å². The third-order valence-electron chi connectivity index (χ3n) is 2.36. The van der Waals surface area contributed by atoms with Crippen LogP contribution in [0.4, 0.5) is 4.39 Å². The Balaban J connectivity index is 2.29. The van der Waals surface area contributed by atoms with Crippen LogP contribution in [-0.2, 0) is 0 Å². The fourth-order valence-corrected chi connectivity index (χ4v) is 1.60. The topological polar surface area (TPSA) is 35.8 Å². The highest BCUT2D eigenvalue weighted by molar-refractivity contribution is 5.39. The molecule has 0 aromatic heterocycles. The lowest BCUT2D eigenvalue weighted by Gasteiger charge is -2.09. The van der Waals surface area contributed by atoms with Crippen molar-refractivity contribution in [1.29, 1.82) is 5.26 Å². The van der Waals surface area contributed by atoms with Crippen molar-refractivity contribution in [2.45, 2.75) is 5.92 Å². The van der Waals surface area contributed by atoms with E-state index >= 15 is 0 Å². The van der Waals surface area contributed by atoms with Crippen molar-refractivity contribution in [1.82, 2.24) is 5.32 Å². The van der Waals surface area contributed by atoms with Crippen molar-refractivity contribution in [3.63, 3.8) is 0 Å². The molecule has 2 nitrogen and oxygen atoms in total. The van der Waals surface area contributed by atoms with E-state index in [1.165, 1.54) is 12.1 Å². The van der Waals surface area contributed by atoms with E-state index in [-0.39, 0.29) is 11.7 Å². The quantitative estimate of drug-likeness (QED) is 0.730. The summed E-state index contributed by atoms with van der Waals surface area (Å²) in [5.41, 5.74) is 1.68. The molecule has 1 heterocycles. The van der Waals surface area contributed by atoms with Gasteiger partial charge in [-0.15, -0.1) is 0 Å². The van der Waals surface area contributed by atoms with Gasteiger partial charge in [0.25, 0.3) is 0 Å². The second kappa shape index (κ2) is 3.51. The van der Waals surface area contributed by atoms with Gasteiger partial charge in [0.1, 0.15) is 5.82 Å². The molecule has 0 radical (unpaired) electrons. The summed E-state index contributed by atoms with van der Waals surface area (Å²) in [6.07, 6.45) is 1.72. The van der Waals surface area contributed by atoms with Gasteiger partial charge in [0.15, 0.2) is 0 Å². The first-order valence-corrected chi connectivity index (χ1v) is 4.40. The smallest absolute Gasteiger partial charge is 0.123 e. The molecule has 0 saturated carbocycles. The highest BCUT2D eigenvalue weighted by Crippen LogP contribution is 2.26. The van der Waals surface area contributed by atoms with E-state index in [1.807, 2.05) is 0 Å². The molecule has 1 aliphatic heterocycles. The number of nitrogens with one attached hydrogen (secondary N) is 1. The minimum atomic E-state index is -0.248. The van der Waals surface area contributed by atoms with Crippen LogP contribution in [0.3, 0.4) is 0 Å². The summed E-state index contributed by atoms with van der Waals surface area (Å²) in [4.78, 5) is 0. The summed E-state index contributed by atoms with van der Waals surface area (Å²) in [5.74, 6) is -0.178. The Morgan fingerprint density at radius 3 is 2.71 bits per heavy atom. The molecule has 1 aromatic carbocycles. The van der Waals surface area contributed by atoms with Gasteiger partial charge in [0, 0.05) is 18.7 Å². The lowest BCUT2D eigenvalue weighted by atomic mass is 9.94. The molecule has 0 spiro atoms. The van der Waals surface area contributed by atoms with E-state index in [0.717, 1.165) is 5.56 Å². The second-order valence-corrected chi connectivity index (χ2v) is 3.22. The number of hydrogen-bond donors (Lipinski definition) is 1. The average molecular weight is 188 g/mol. The molecule has 3 heteroatoms. The molecule has 1 N–H and O–H groups in total. The monoisotopic (exact) mass is 188 g/mol. The normalized spacial score (nSPS) is 19.7. The second-order valence-electron chi connectivity index (χ2n) is 3.22. The number of halogens is 1. The molecule has 2 rings (SSSR count). The van der Waals surface area contributed by atoms with Crippen molar-refractivity contribution in [3.8, 4) is 6.07 Å². The Labute approximate surface area is 81.7 Å². The Bertz CT molecular complexity index is 400. The zero-order chi connectivity index (χ0) is 9.97. The lowest BCUT2D eigenvalue weighted by molar-refractivity contribution is 0.626. The molecule has 0 fully saturated rings. The number of rotatable bonds is 1. The van der Waals surface area contributed by atoms with Gasteiger partial charge in [-0.1, -0.05) is 12.1 Å². The van der Waals surface area contributed by atoms with E-state index < -0.39 is 0 Å². The summed E-state index contributed by atoms with van der Waals surface area (Å²) in [5, 5.41) is 11.8. The summed E-state index contributed by atoms with van der Waals surface area (Å²) in [6, 6.07) is 8.41. The van der Waals surface area contributed by atoms with E-state index in [0.29, 0.717) is 12.1 Å². The molecule has 1 atom stereocenters. The molecule has 1 unspecified atom stereocenters. The van der Waals surface area contributed by atoms with E-state index in [9.17, 15) is 4.39 Å². The molecular formula is C11H9FN2. The summed E-state index contributed by atoms with van der Waals surface area (Å²) >= 11 is 0. The van der Waals surface area contributed by atoms with Crippen LogP contribution in [0, 0.1) is 17.1 Å². The molecule has 0 amide bonds. The third kappa shape index (κ3) is 1.47. The highest BCUT2D eigenvalue weighted by Gasteiger charge is 2.20. The van der Waals surface area contributed by atoms with Crippen LogP contribution in [0.5, 0.6) is 0 Å². The van der Waals surface area contributed by atoms with Crippen molar-refractivity contribution < 1.29 is 4.39 Å². The molecule has 0 aliphatic carbocycles. The predicted octanol–water partition coefficient (Wildman–Crippen LogP) is 1.92. The number of nitrogens with zero attached hydrogens (tertiary/aromatic N) is 1. The zero-order valence-electron chi connectivity index (χ0n) is 7.50. The zero-order valence-corrected chi connectivity index (χ0v) is 7.50. The molecule has 1 aliphatic rings. The number of benzene rings is 1. The van der Waals surface area contributed by atoms with Crippen LogP contribution in [0.1, 0.15) is 11.5 Å². The van der Waals surface area contributed by atoms with Crippen molar-refractivity contribution in [2.75, 3.05) is 6.54 Å². The van der Waals surface area contributed by atoms with Crippen LogP contribution in [0.25, 0.3) is 0 Å². The number of hydrogen-bond acceptors (Lipinski definition) is 2. The minimum Gasteiger partial charge on any atom is -0.389 e. The first-order valence-electron chi connectivity index (χ1n) is 4.40. The van der Waals surface area contributed by atoms with Crippen LogP contribution < -0.4 is 5.32 Å². The fraction of sp³-hybridized carbons (Fsp3) is 0.182. The van der Waals surface area contributed by atoms with Crippen LogP contribution in [-0.4, -0.2) is 6.54 Å². The molecule has 70 valence electrons. The lowest BCUT2D eigenvalue weighted by Crippen LogP contribution is -2.08. The Morgan fingerprint density at radius 1 is 1.36 bits per heavy atom. The third-order valence-corrected chi connectivity index (χ3v) is 2.36. The summed E-state index contributed by atoms with van der Waals surface area (Å²) < 4.78 is 12.7. The van der Waals surface area contributed by atoms with Gasteiger partial charge in [-0.05, 0) is 17.7 Å². The highest BCUT2D eigenvalue weighted by atomic mass is 19.1. The van der Waals surface area contributed by atoms with Gasteiger partial charge in [-0.25, -0.2) is 4.39 Å². The Morgan fingerprint density at radius 2 is 2.07 bits per heavy atom. The van der Waals surface area contributed by atoms with Crippen molar-refractivity contribution in [3.05, 3.63) is 47.4 Å². The van der Waals surface area contributed by atoms with E-state index in [4.69, 9.17) is 5.26 Å². The Kier molecular flexibility index (Phi) is 2.19. The van der Waals surface area contributed by atoms with E-state index in [2.05, 4.69) is 11.4 Å². The molecule has 14 heavy (non-hydrogen) atoms. The van der Waals surface area contributed by atoms with Gasteiger partial charge in [0.05, 0.1) is 11.6 Å². The van der Waals surface area contributed by atoms with Gasteiger partial charge < -0.3 is 5.32 Å². The molecular weight excluding hydrogens is 179 g/mol. The average Bonchev–Trinajstić information content (AvgIpc) is 2.67. The largest absolute Gasteiger partial charge is 0.389 e. The maximum absolute atomic E-state index is 12.7. The van der Waals surface area contributed by atoms with Crippen molar-refractivity contribution in [2.24, 2.45) is 0 Å². The van der Waals surface area contributed by atoms with Crippen molar-refractivity contribution >= 4 is 0 Å². The van der Waals surface area contributed by atoms with Crippen LogP contribution in [0.2, 0.25) is 0 Å². The predicted molar refractivity (Wildman–Crippen MR) is 50.8 cm³/mol. The molecule has 0 bridgehead atoms. The first kappa shape index (κ1) is 8.76. The minimum absolute atomic E-state index is 0.0700. The van der Waals surface area contributed by atoms with Gasteiger partial charge in [-0.3, -0.25) is 0 Å². The number of nitriles is 1. The standard InChI is InChI=1S/C11H9FN2/c12-10-3-1-8(2-4-10)11-7-14-6-9(11)5-13/h1-4,6,11,14H,7H2. The Hall–Kier alpha value is -1.82. The summed E-state index contributed by atoms with van der Waals surface area (Å²) in [6.45, 7) is 0.717. The SMILES string of the molecule is N#CC1=CNCC1c1ccc(F)cc1. The maximum atomic E-state index is 12.7. The van der Waals surface area contributed by atoms with E-state index in [1.54, 1.807) is 18.3 Å². The van der Waals surface area contributed by atoms with Crippen LogP contribution in [0.15, 0.2) is 36.0 Å². The summed E-state index contributed by atoms with van der Waals surface area (Å²) in [7, 11) is 0. The fourth-order valence-electron chi connectivity index (χ4n) is 1.60. The first-order chi connectivity index (χ1) is 6.81. The maximum Gasteiger partial charge on any atom is 0.123 e. The molecule has 1 aromatic rings. The molecule has 0 saturated heterocycles. The van der Waals surface area contributed by atoms with Gasteiger partial charge in [0.2, 0.25) is 0 Å². The van der Waals surface area contributed by atoms with Gasteiger partial charge >= 0.3 is 0 Å². The van der Waals surface area contributed by atoms with Crippen LogP contribution >= 0.6 is 0 Å².